The first-order valence-electron chi connectivity index (χ1n) is 7.63. The summed E-state index contributed by atoms with van der Waals surface area (Å²) in [5.74, 6) is 0. The molecule has 3 heteroatoms. The monoisotopic (exact) mass is 291 g/mol. The van der Waals surface area contributed by atoms with E-state index in [-0.39, 0.29) is 0 Å². The number of fused-ring (bicyclic) bond motifs is 1. The molecule has 0 unspecified atom stereocenters. The minimum atomic E-state index is 0.908. The van der Waals surface area contributed by atoms with Crippen molar-refractivity contribution >= 4 is 16.6 Å². The van der Waals surface area contributed by atoms with Gasteiger partial charge < -0.3 is 4.90 Å². The summed E-state index contributed by atoms with van der Waals surface area (Å²) in [6, 6.07) is 12.6. The van der Waals surface area contributed by atoms with Gasteiger partial charge in [-0.25, -0.2) is 0 Å². The lowest BCUT2D eigenvalue weighted by Crippen LogP contribution is -2.10. The molecule has 3 nitrogen and oxygen atoms in total. The molecule has 0 atom stereocenters. The van der Waals surface area contributed by atoms with Crippen molar-refractivity contribution in [1.29, 1.82) is 0 Å². The van der Waals surface area contributed by atoms with E-state index in [1.165, 1.54) is 11.3 Å². The van der Waals surface area contributed by atoms with E-state index >= 15 is 0 Å². The SMILES string of the molecule is CCc1nc(-c2ccc(N(C)C)c(C)c2)cc2ncccc12. The van der Waals surface area contributed by atoms with Crippen molar-refractivity contribution in [1.82, 2.24) is 9.97 Å². The van der Waals surface area contributed by atoms with Gasteiger partial charge in [0.1, 0.15) is 0 Å². The van der Waals surface area contributed by atoms with Gasteiger partial charge in [-0.3, -0.25) is 9.97 Å². The van der Waals surface area contributed by atoms with Crippen molar-refractivity contribution in [2.75, 3.05) is 19.0 Å². The number of aryl methyl sites for hydroxylation is 2. The number of rotatable bonds is 3. The molecule has 3 aromatic rings. The average Bonchev–Trinajstić information content (AvgIpc) is 2.53. The van der Waals surface area contributed by atoms with Crippen LogP contribution in [0.4, 0.5) is 5.69 Å². The molecule has 0 saturated carbocycles. The molecular weight excluding hydrogens is 270 g/mol. The number of anilines is 1. The predicted octanol–water partition coefficient (Wildman–Crippen LogP) is 4.23. The smallest absolute Gasteiger partial charge is 0.0741 e. The van der Waals surface area contributed by atoms with Crippen LogP contribution in [0.2, 0.25) is 0 Å². The highest BCUT2D eigenvalue weighted by molar-refractivity contribution is 5.84. The quantitative estimate of drug-likeness (QED) is 0.723. The van der Waals surface area contributed by atoms with Crippen LogP contribution in [0.15, 0.2) is 42.6 Å². The molecule has 1 aromatic carbocycles. The third-order valence-electron chi connectivity index (χ3n) is 3.99. The Hall–Kier alpha value is -2.42. The Kier molecular flexibility index (Phi) is 3.80. The van der Waals surface area contributed by atoms with E-state index < -0.39 is 0 Å². The molecule has 0 bridgehead atoms. The Labute approximate surface area is 131 Å². The maximum absolute atomic E-state index is 4.85. The van der Waals surface area contributed by atoms with Crippen LogP contribution in [0.25, 0.3) is 22.2 Å². The lowest BCUT2D eigenvalue weighted by molar-refractivity contribution is 1.06. The Morgan fingerprint density at radius 3 is 2.59 bits per heavy atom. The highest BCUT2D eigenvalue weighted by atomic mass is 15.1. The number of nitrogens with zero attached hydrogens (tertiary/aromatic N) is 3. The van der Waals surface area contributed by atoms with Gasteiger partial charge in [-0.1, -0.05) is 13.0 Å². The summed E-state index contributed by atoms with van der Waals surface area (Å²) in [5, 5.41) is 1.15. The largest absolute Gasteiger partial charge is 0.377 e. The second kappa shape index (κ2) is 5.76. The van der Waals surface area contributed by atoms with E-state index in [1.807, 2.05) is 12.3 Å². The van der Waals surface area contributed by atoms with Crippen LogP contribution < -0.4 is 4.90 Å². The molecular formula is C19H21N3. The first-order valence-corrected chi connectivity index (χ1v) is 7.63. The maximum Gasteiger partial charge on any atom is 0.0741 e. The zero-order valence-corrected chi connectivity index (χ0v) is 13.6. The predicted molar refractivity (Wildman–Crippen MR) is 93.4 cm³/mol. The molecule has 3 rings (SSSR count). The van der Waals surface area contributed by atoms with Gasteiger partial charge in [0.05, 0.1) is 16.9 Å². The molecule has 2 heterocycles. The van der Waals surface area contributed by atoms with Crippen LogP contribution in [0.3, 0.4) is 0 Å². The fraction of sp³-hybridized carbons (Fsp3) is 0.263. The standard InChI is InChI=1S/C19H21N3/c1-5-16-15-7-6-10-20-18(15)12-17(21-16)14-8-9-19(22(3)4)13(2)11-14/h6-12H,5H2,1-4H3. The minimum absolute atomic E-state index is 0.908. The molecule has 0 fully saturated rings. The summed E-state index contributed by atoms with van der Waals surface area (Å²) in [4.78, 5) is 11.5. The second-order valence-electron chi connectivity index (χ2n) is 5.77. The zero-order valence-electron chi connectivity index (χ0n) is 13.6. The first-order chi connectivity index (χ1) is 10.6. The van der Waals surface area contributed by atoms with E-state index in [1.54, 1.807) is 0 Å². The third-order valence-corrected chi connectivity index (χ3v) is 3.99. The van der Waals surface area contributed by atoms with Gasteiger partial charge in [0.25, 0.3) is 0 Å². The molecule has 2 aromatic heterocycles. The van der Waals surface area contributed by atoms with E-state index in [4.69, 9.17) is 4.98 Å². The summed E-state index contributed by atoms with van der Waals surface area (Å²) in [6.45, 7) is 4.28. The number of pyridine rings is 2. The molecule has 0 aliphatic heterocycles. The van der Waals surface area contributed by atoms with Gasteiger partial charge in [0.2, 0.25) is 0 Å². The lowest BCUT2D eigenvalue weighted by atomic mass is 10.0. The number of aromatic nitrogens is 2. The molecule has 0 aliphatic carbocycles. The number of hydrogen-bond donors (Lipinski definition) is 0. The molecule has 0 radical (unpaired) electrons. The van der Waals surface area contributed by atoms with Gasteiger partial charge in [-0.05, 0) is 49.2 Å². The Morgan fingerprint density at radius 2 is 1.91 bits per heavy atom. The van der Waals surface area contributed by atoms with Crippen molar-refractivity contribution in [3.63, 3.8) is 0 Å². The van der Waals surface area contributed by atoms with Crippen molar-refractivity contribution in [3.8, 4) is 11.3 Å². The normalized spacial score (nSPS) is 10.9. The molecule has 22 heavy (non-hydrogen) atoms. The van der Waals surface area contributed by atoms with Crippen LogP contribution in [-0.4, -0.2) is 24.1 Å². The highest BCUT2D eigenvalue weighted by Gasteiger charge is 2.09. The van der Waals surface area contributed by atoms with E-state index in [2.05, 4.69) is 68.2 Å². The molecule has 0 saturated heterocycles. The Balaban J connectivity index is 2.16. The first kappa shape index (κ1) is 14.5. The fourth-order valence-electron chi connectivity index (χ4n) is 2.88. The summed E-state index contributed by atoms with van der Waals surface area (Å²) < 4.78 is 0. The summed E-state index contributed by atoms with van der Waals surface area (Å²) in [7, 11) is 4.13. The number of benzene rings is 1. The summed E-state index contributed by atoms with van der Waals surface area (Å²) in [5.41, 5.74) is 6.75. The lowest BCUT2D eigenvalue weighted by Gasteiger charge is -2.16. The highest BCUT2D eigenvalue weighted by Crippen LogP contribution is 2.28. The van der Waals surface area contributed by atoms with E-state index in [9.17, 15) is 0 Å². The van der Waals surface area contributed by atoms with Gasteiger partial charge in [0.15, 0.2) is 0 Å². The Morgan fingerprint density at radius 1 is 1.09 bits per heavy atom. The van der Waals surface area contributed by atoms with Crippen molar-refractivity contribution in [2.24, 2.45) is 0 Å². The average molecular weight is 291 g/mol. The van der Waals surface area contributed by atoms with Gasteiger partial charge >= 0.3 is 0 Å². The van der Waals surface area contributed by atoms with Crippen LogP contribution >= 0.6 is 0 Å². The summed E-state index contributed by atoms with van der Waals surface area (Å²) in [6.07, 6.45) is 2.75. The molecule has 112 valence electrons. The van der Waals surface area contributed by atoms with Crippen LogP contribution in [0.1, 0.15) is 18.2 Å². The van der Waals surface area contributed by atoms with Crippen molar-refractivity contribution in [2.45, 2.75) is 20.3 Å². The number of hydrogen-bond acceptors (Lipinski definition) is 3. The zero-order chi connectivity index (χ0) is 15.7. The van der Waals surface area contributed by atoms with Crippen molar-refractivity contribution in [3.05, 3.63) is 53.9 Å². The van der Waals surface area contributed by atoms with E-state index in [0.717, 1.165) is 34.3 Å². The van der Waals surface area contributed by atoms with Gasteiger partial charge in [-0.2, -0.15) is 0 Å². The van der Waals surface area contributed by atoms with Crippen LogP contribution in [0.5, 0.6) is 0 Å². The third kappa shape index (κ3) is 2.54. The second-order valence-corrected chi connectivity index (χ2v) is 5.77. The molecule has 0 amide bonds. The molecule has 0 spiro atoms. The van der Waals surface area contributed by atoms with Gasteiger partial charge in [0, 0.05) is 36.9 Å². The maximum atomic E-state index is 4.85. The molecule has 0 N–H and O–H groups in total. The van der Waals surface area contributed by atoms with Crippen LogP contribution in [-0.2, 0) is 6.42 Å². The van der Waals surface area contributed by atoms with Gasteiger partial charge in [-0.15, -0.1) is 0 Å². The minimum Gasteiger partial charge on any atom is -0.377 e. The van der Waals surface area contributed by atoms with Crippen molar-refractivity contribution < 1.29 is 0 Å². The summed E-state index contributed by atoms with van der Waals surface area (Å²) >= 11 is 0. The van der Waals surface area contributed by atoms with E-state index in [0.29, 0.717) is 0 Å². The Bertz CT molecular complexity index is 822. The van der Waals surface area contributed by atoms with Crippen LogP contribution in [0, 0.1) is 6.92 Å². The fourth-order valence-corrected chi connectivity index (χ4v) is 2.88. The molecule has 0 aliphatic rings. The topological polar surface area (TPSA) is 29.0 Å².